The molecule has 0 fully saturated rings. The molecular formula is C52H36N4O. The summed E-state index contributed by atoms with van der Waals surface area (Å²) in [7, 11) is 0. The monoisotopic (exact) mass is 732 g/mol. The maximum Gasteiger partial charge on any atom is 0.160 e. The maximum atomic E-state index is 6.28. The first-order valence-corrected chi connectivity index (χ1v) is 19.4. The number of allylic oxidation sites excluding steroid dienone is 1. The summed E-state index contributed by atoms with van der Waals surface area (Å²) in [6.07, 6.45) is 5.48. The van der Waals surface area contributed by atoms with Gasteiger partial charge in [0.25, 0.3) is 0 Å². The minimum absolute atomic E-state index is 0.668. The number of furan rings is 1. The molecule has 270 valence electrons. The molecule has 0 unspecified atom stereocenters. The second-order valence-corrected chi connectivity index (χ2v) is 14.6. The van der Waals surface area contributed by atoms with Crippen LogP contribution in [-0.2, 0) is 13.0 Å². The summed E-state index contributed by atoms with van der Waals surface area (Å²) in [5.41, 5.74) is 14.8. The molecule has 7 aromatic carbocycles. The third-order valence-electron chi connectivity index (χ3n) is 11.2. The zero-order chi connectivity index (χ0) is 37.7. The van der Waals surface area contributed by atoms with Crippen molar-refractivity contribution in [3.63, 3.8) is 0 Å². The molecule has 5 nitrogen and oxygen atoms in total. The second kappa shape index (κ2) is 13.7. The fourth-order valence-electron chi connectivity index (χ4n) is 8.40. The van der Waals surface area contributed by atoms with Crippen molar-refractivity contribution in [3.8, 4) is 39.6 Å². The van der Waals surface area contributed by atoms with Gasteiger partial charge in [0.1, 0.15) is 11.2 Å². The summed E-state index contributed by atoms with van der Waals surface area (Å²) < 4.78 is 8.71. The highest BCUT2D eigenvalue weighted by molar-refractivity contribution is 6.05. The van der Waals surface area contributed by atoms with Gasteiger partial charge in [0.05, 0.1) is 29.1 Å². The Labute approximate surface area is 330 Å². The van der Waals surface area contributed by atoms with E-state index in [9.17, 15) is 0 Å². The molecule has 0 radical (unpaired) electrons. The maximum absolute atomic E-state index is 6.28. The molecule has 0 spiro atoms. The molecule has 57 heavy (non-hydrogen) atoms. The number of anilines is 2. The quantitative estimate of drug-likeness (QED) is 0.177. The highest BCUT2D eigenvalue weighted by atomic mass is 16.3. The molecule has 0 aliphatic carbocycles. The van der Waals surface area contributed by atoms with Crippen LogP contribution in [0.1, 0.15) is 16.8 Å². The molecule has 0 saturated heterocycles. The van der Waals surface area contributed by atoms with Gasteiger partial charge in [-0.3, -0.25) is 0 Å². The number of hydrogen-bond donors (Lipinski definition) is 0. The third-order valence-corrected chi connectivity index (χ3v) is 11.2. The number of hydrogen-bond acceptors (Lipinski definition) is 4. The van der Waals surface area contributed by atoms with Crippen LogP contribution in [0.15, 0.2) is 192 Å². The van der Waals surface area contributed by atoms with E-state index in [0.717, 1.165) is 67.8 Å². The first kappa shape index (κ1) is 32.9. The van der Waals surface area contributed by atoms with Gasteiger partial charge in [0.2, 0.25) is 0 Å². The topological polar surface area (TPSA) is 47.1 Å². The van der Waals surface area contributed by atoms with E-state index in [1.165, 1.54) is 33.4 Å². The molecule has 1 aliphatic heterocycles. The van der Waals surface area contributed by atoms with Crippen molar-refractivity contribution in [1.82, 2.24) is 14.5 Å². The van der Waals surface area contributed by atoms with E-state index in [1.54, 1.807) is 0 Å². The lowest BCUT2D eigenvalue weighted by Gasteiger charge is -2.28. The molecule has 0 N–H and O–H groups in total. The Morgan fingerprint density at radius 3 is 2.00 bits per heavy atom. The van der Waals surface area contributed by atoms with Crippen LogP contribution in [0.2, 0.25) is 0 Å². The number of fused-ring (bicyclic) bond motifs is 7. The fourth-order valence-corrected chi connectivity index (χ4v) is 8.40. The van der Waals surface area contributed by atoms with E-state index in [0.29, 0.717) is 12.4 Å². The van der Waals surface area contributed by atoms with Crippen LogP contribution < -0.4 is 4.90 Å². The molecule has 4 heterocycles. The number of aromatic nitrogens is 3. The van der Waals surface area contributed by atoms with Crippen molar-refractivity contribution in [2.75, 3.05) is 4.90 Å². The van der Waals surface area contributed by atoms with Crippen molar-refractivity contribution in [3.05, 3.63) is 205 Å². The summed E-state index contributed by atoms with van der Waals surface area (Å²) in [4.78, 5) is 12.8. The minimum Gasteiger partial charge on any atom is -0.456 e. The molecule has 10 aromatic rings. The Balaban J connectivity index is 1.04. The van der Waals surface area contributed by atoms with Gasteiger partial charge in [-0.25, -0.2) is 9.97 Å². The van der Waals surface area contributed by atoms with Crippen LogP contribution in [0.25, 0.3) is 78.5 Å². The van der Waals surface area contributed by atoms with Crippen LogP contribution in [-0.4, -0.2) is 14.5 Å². The molecule has 11 rings (SSSR count). The third kappa shape index (κ3) is 5.80. The summed E-state index contributed by atoms with van der Waals surface area (Å²) in [5.74, 6) is 0.668. The average Bonchev–Trinajstić information content (AvgIpc) is 3.82. The lowest BCUT2D eigenvalue weighted by molar-refractivity contribution is 0.669. The molecule has 0 atom stereocenters. The minimum atomic E-state index is 0.668. The highest BCUT2D eigenvalue weighted by Crippen LogP contribution is 2.39. The molecule has 5 heteroatoms. The van der Waals surface area contributed by atoms with Gasteiger partial charge in [-0.15, -0.1) is 0 Å². The molecule has 3 aromatic heterocycles. The Hall–Kier alpha value is -7.50. The second-order valence-electron chi connectivity index (χ2n) is 14.6. The van der Waals surface area contributed by atoms with Gasteiger partial charge in [-0.05, 0) is 84.8 Å². The van der Waals surface area contributed by atoms with Crippen molar-refractivity contribution >= 4 is 50.3 Å². The number of rotatable bonds is 5. The molecular weight excluding hydrogens is 697 g/mol. The van der Waals surface area contributed by atoms with E-state index in [-0.39, 0.29) is 0 Å². The predicted molar refractivity (Wildman–Crippen MR) is 234 cm³/mol. The first-order valence-electron chi connectivity index (χ1n) is 19.4. The van der Waals surface area contributed by atoms with Crippen molar-refractivity contribution in [1.29, 1.82) is 0 Å². The van der Waals surface area contributed by atoms with Gasteiger partial charge < -0.3 is 13.9 Å². The Bertz CT molecular complexity index is 3120. The van der Waals surface area contributed by atoms with E-state index in [2.05, 4.69) is 167 Å². The van der Waals surface area contributed by atoms with E-state index >= 15 is 0 Å². The lowest BCUT2D eigenvalue weighted by Crippen LogP contribution is -2.20. The Kier molecular flexibility index (Phi) is 7.88. The van der Waals surface area contributed by atoms with E-state index in [4.69, 9.17) is 14.4 Å². The predicted octanol–water partition coefficient (Wildman–Crippen LogP) is 13.2. The lowest BCUT2D eigenvalue weighted by atomic mass is 10.0. The van der Waals surface area contributed by atoms with Crippen LogP contribution in [0.3, 0.4) is 0 Å². The van der Waals surface area contributed by atoms with Gasteiger partial charge in [0, 0.05) is 55.5 Å². The smallest absolute Gasteiger partial charge is 0.160 e. The zero-order valence-corrected chi connectivity index (χ0v) is 31.1. The van der Waals surface area contributed by atoms with Gasteiger partial charge in [-0.2, -0.15) is 0 Å². The highest BCUT2D eigenvalue weighted by Gasteiger charge is 2.23. The molecule has 0 amide bonds. The summed E-state index contributed by atoms with van der Waals surface area (Å²) in [6.45, 7) is 0.693. The summed E-state index contributed by atoms with van der Waals surface area (Å²) in [6, 6.07) is 63.9. The zero-order valence-electron chi connectivity index (χ0n) is 31.1. The summed E-state index contributed by atoms with van der Waals surface area (Å²) >= 11 is 0. The van der Waals surface area contributed by atoms with E-state index in [1.807, 2.05) is 36.4 Å². The van der Waals surface area contributed by atoms with Crippen molar-refractivity contribution in [2.45, 2.75) is 13.0 Å². The van der Waals surface area contributed by atoms with Crippen LogP contribution in [0, 0.1) is 0 Å². The first-order chi connectivity index (χ1) is 28.2. The Morgan fingerprint density at radius 2 is 1.16 bits per heavy atom. The van der Waals surface area contributed by atoms with Crippen LogP contribution in [0.4, 0.5) is 11.4 Å². The number of nitrogens with zero attached hydrogens (tertiary/aromatic N) is 4. The van der Waals surface area contributed by atoms with Crippen molar-refractivity contribution < 1.29 is 4.42 Å². The molecule has 1 aliphatic rings. The summed E-state index contributed by atoms with van der Waals surface area (Å²) in [5, 5.41) is 3.44. The number of benzene rings is 7. The van der Waals surface area contributed by atoms with Crippen LogP contribution in [0.5, 0.6) is 0 Å². The number of para-hydroxylation sites is 4. The normalized spacial score (nSPS) is 12.7. The Morgan fingerprint density at radius 1 is 0.491 bits per heavy atom. The van der Waals surface area contributed by atoms with E-state index < -0.39 is 0 Å². The standard InChI is InChI=1S/C52H36N4O/c1-3-14-35(15-4-1)45-33-46(38-28-31-44-43-21-9-12-25-50(43)57-51(44)32-38)54-52(53-45)37-26-29-40(30-27-37)56-48-24-11-8-20-41(48)42-22-13-17-36-16-7-10-23-47(36)55(34-49(42)56)39-18-5-2-6-19-39/h1-16,18-33H,17,34H2. The largest absolute Gasteiger partial charge is 0.456 e. The fraction of sp³-hybridized carbons (Fsp3) is 0.0385. The molecule has 0 bridgehead atoms. The van der Waals surface area contributed by atoms with Gasteiger partial charge >= 0.3 is 0 Å². The van der Waals surface area contributed by atoms with Crippen molar-refractivity contribution in [2.24, 2.45) is 0 Å². The van der Waals surface area contributed by atoms with Gasteiger partial charge in [-0.1, -0.05) is 121 Å². The van der Waals surface area contributed by atoms with Crippen LogP contribution >= 0.6 is 0 Å². The SMILES string of the molecule is C1=Cc2c(n(-c3ccc(-c4nc(-c5ccccc5)cc(-c5ccc6c(c5)oc5ccccc56)n4)cc3)c3ccccc23)CN(c2ccccc2)c2ccccc2C1. The molecule has 0 saturated carbocycles. The van der Waals surface area contributed by atoms with Gasteiger partial charge in [0.15, 0.2) is 5.82 Å². The average molecular weight is 733 g/mol.